The summed E-state index contributed by atoms with van der Waals surface area (Å²) in [6, 6.07) is 7.98. The molecule has 2 saturated heterocycles. The van der Waals surface area contributed by atoms with Gasteiger partial charge in [-0.05, 0) is 42.6 Å². The maximum atomic E-state index is 11.5. The molecule has 2 aliphatic rings. The van der Waals surface area contributed by atoms with Gasteiger partial charge >= 0.3 is 0 Å². The highest BCUT2D eigenvalue weighted by atomic mass is 35.5. The van der Waals surface area contributed by atoms with Gasteiger partial charge in [0.1, 0.15) is 5.60 Å². The number of ether oxygens (including phenoxy) is 1. The number of morpholine rings is 1. The summed E-state index contributed by atoms with van der Waals surface area (Å²) in [5.41, 5.74) is 1.02. The molecule has 2 aliphatic heterocycles. The van der Waals surface area contributed by atoms with Crippen LogP contribution in [0.25, 0.3) is 10.2 Å². The van der Waals surface area contributed by atoms with Crippen molar-refractivity contribution in [1.82, 2.24) is 19.9 Å². The van der Waals surface area contributed by atoms with Crippen LogP contribution in [0.3, 0.4) is 0 Å². The molecule has 0 radical (unpaired) electrons. The van der Waals surface area contributed by atoms with Gasteiger partial charge < -0.3 is 14.7 Å². The zero-order valence-electron chi connectivity index (χ0n) is 16.6. The third-order valence-electron chi connectivity index (χ3n) is 5.89. The van der Waals surface area contributed by atoms with Crippen LogP contribution in [-0.2, 0) is 16.9 Å². The van der Waals surface area contributed by atoms with E-state index >= 15 is 0 Å². The van der Waals surface area contributed by atoms with Crippen molar-refractivity contribution < 1.29 is 9.84 Å². The first-order valence-electron chi connectivity index (χ1n) is 10.3. The number of halogens is 1. The summed E-state index contributed by atoms with van der Waals surface area (Å²) in [5.74, 6) is 0.848. The molecule has 0 bridgehead atoms. The van der Waals surface area contributed by atoms with E-state index in [-0.39, 0.29) is 5.28 Å². The van der Waals surface area contributed by atoms with Crippen LogP contribution < -0.4 is 4.90 Å². The van der Waals surface area contributed by atoms with Crippen molar-refractivity contribution in [1.29, 1.82) is 0 Å². The molecule has 5 heterocycles. The van der Waals surface area contributed by atoms with Crippen molar-refractivity contribution in [3.05, 3.63) is 46.3 Å². The maximum absolute atomic E-state index is 11.5. The molecule has 0 spiro atoms. The maximum Gasteiger partial charge on any atom is 0.224 e. The number of hydrogen-bond donors (Lipinski definition) is 1. The Kier molecular flexibility index (Phi) is 5.59. The molecule has 0 amide bonds. The lowest BCUT2D eigenvalue weighted by molar-refractivity contribution is -0.0250. The second-order valence-electron chi connectivity index (χ2n) is 7.87. The molecule has 0 saturated carbocycles. The van der Waals surface area contributed by atoms with E-state index in [0.717, 1.165) is 59.3 Å². The quantitative estimate of drug-likeness (QED) is 0.618. The Morgan fingerprint density at radius 1 is 1.13 bits per heavy atom. The summed E-state index contributed by atoms with van der Waals surface area (Å²) in [5, 5.41) is 11.7. The van der Waals surface area contributed by atoms with Gasteiger partial charge in [-0.1, -0.05) is 6.07 Å². The van der Waals surface area contributed by atoms with Crippen LogP contribution in [0.1, 0.15) is 23.4 Å². The topological polar surface area (TPSA) is 74.6 Å². The van der Waals surface area contributed by atoms with Gasteiger partial charge in [-0.15, -0.1) is 11.3 Å². The molecule has 0 unspecified atom stereocenters. The van der Waals surface area contributed by atoms with E-state index in [1.54, 1.807) is 11.3 Å². The first-order valence-corrected chi connectivity index (χ1v) is 11.5. The van der Waals surface area contributed by atoms with E-state index in [9.17, 15) is 5.11 Å². The minimum atomic E-state index is -0.846. The molecule has 7 nitrogen and oxygen atoms in total. The fourth-order valence-corrected chi connectivity index (χ4v) is 5.59. The molecular formula is C21H24ClN5O2S. The number of hydrogen-bond acceptors (Lipinski definition) is 8. The van der Waals surface area contributed by atoms with Gasteiger partial charge in [0.05, 0.1) is 29.1 Å². The van der Waals surface area contributed by atoms with Gasteiger partial charge in [0, 0.05) is 43.8 Å². The number of pyridine rings is 1. The normalized spacial score (nSPS) is 20.0. The zero-order valence-corrected chi connectivity index (χ0v) is 18.2. The lowest BCUT2D eigenvalue weighted by Crippen LogP contribution is -2.41. The van der Waals surface area contributed by atoms with Crippen LogP contribution >= 0.6 is 22.9 Å². The van der Waals surface area contributed by atoms with E-state index in [1.807, 2.05) is 30.5 Å². The van der Waals surface area contributed by atoms with Gasteiger partial charge in [0.15, 0.2) is 5.82 Å². The second kappa shape index (κ2) is 8.36. The molecule has 0 aromatic carbocycles. The largest absolute Gasteiger partial charge is 0.384 e. The lowest BCUT2D eigenvalue weighted by atomic mass is 9.89. The van der Waals surface area contributed by atoms with Crippen LogP contribution in [0.15, 0.2) is 30.5 Å². The average Bonchev–Trinajstić information content (AvgIpc) is 3.21. The Morgan fingerprint density at radius 2 is 1.93 bits per heavy atom. The van der Waals surface area contributed by atoms with E-state index in [0.29, 0.717) is 26.1 Å². The highest BCUT2D eigenvalue weighted by Gasteiger charge is 2.36. The summed E-state index contributed by atoms with van der Waals surface area (Å²) >= 11 is 7.81. The number of nitrogens with zero attached hydrogens (tertiary/aromatic N) is 5. The van der Waals surface area contributed by atoms with E-state index < -0.39 is 5.60 Å². The zero-order chi connectivity index (χ0) is 20.6. The molecule has 30 heavy (non-hydrogen) atoms. The molecule has 0 atom stereocenters. The summed E-state index contributed by atoms with van der Waals surface area (Å²) in [6.45, 7) is 5.37. The highest BCUT2D eigenvalue weighted by molar-refractivity contribution is 7.19. The fourth-order valence-electron chi connectivity index (χ4n) is 4.15. The predicted molar refractivity (Wildman–Crippen MR) is 118 cm³/mol. The molecule has 3 aromatic heterocycles. The molecule has 2 fully saturated rings. The third-order valence-corrected chi connectivity index (χ3v) is 7.37. The summed E-state index contributed by atoms with van der Waals surface area (Å²) in [7, 11) is 0. The van der Waals surface area contributed by atoms with E-state index in [2.05, 4.69) is 24.8 Å². The molecule has 1 N–H and O–H groups in total. The van der Waals surface area contributed by atoms with Crippen molar-refractivity contribution in [3.63, 3.8) is 0 Å². The van der Waals surface area contributed by atoms with Crippen LogP contribution in [-0.4, -0.2) is 64.4 Å². The molecule has 3 aromatic rings. The number of aliphatic hydroxyl groups is 1. The first kappa shape index (κ1) is 20.1. The van der Waals surface area contributed by atoms with Crippen LogP contribution in [0.4, 0.5) is 5.82 Å². The van der Waals surface area contributed by atoms with Crippen LogP contribution in [0.5, 0.6) is 0 Å². The number of fused-ring (bicyclic) bond motifs is 1. The van der Waals surface area contributed by atoms with Gasteiger partial charge in [-0.3, -0.25) is 9.88 Å². The molecule has 5 rings (SSSR count). The Balaban J connectivity index is 1.37. The Bertz CT molecular complexity index is 1020. The minimum Gasteiger partial charge on any atom is -0.384 e. The number of thiophene rings is 1. The van der Waals surface area contributed by atoms with Gasteiger partial charge in [0.25, 0.3) is 0 Å². The summed E-state index contributed by atoms with van der Waals surface area (Å²) in [6.07, 6.45) is 3.19. The third kappa shape index (κ3) is 4.02. The smallest absolute Gasteiger partial charge is 0.224 e. The number of aromatic nitrogens is 3. The van der Waals surface area contributed by atoms with Crippen molar-refractivity contribution in [2.24, 2.45) is 0 Å². The minimum absolute atomic E-state index is 0.241. The first-order chi connectivity index (χ1) is 14.6. The summed E-state index contributed by atoms with van der Waals surface area (Å²) in [4.78, 5) is 18.8. The highest BCUT2D eigenvalue weighted by Crippen LogP contribution is 2.42. The number of rotatable bonds is 4. The Labute approximate surface area is 184 Å². The lowest BCUT2D eigenvalue weighted by Gasteiger charge is -2.37. The van der Waals surface area contributed by atoms with Crippen molar-refractivity contribution in [2.75, 3.05) is 44.3 Å². The van der Waals surface area contributed by atoms with Gasteiger partial charge in [0.2, 0.25) is 5.28 Å². The van der Waals surface area contributed by atoms with Crippen LogP contribution in [0.2, 0.25) is 5.28 Å². The number of anilines is 1. The fraction of sp³-hybridized carbons (Fsp3) is 0.476. The predicted octanol–water partition coefficient (Wildman–Crippen LogP) is 3.06. The van der Waals surface area contributed by atoms with Crippen molar-refractivity contribution in [2.45, 2.75) is 25.0 Å². The van der Waals surface area contributed by atoms with E-state index in [1.165, 1.54) is 0 Å². The average molecular weight is 446 g/mol. The van der Waals surface area contributed by atoms with Gasteiger partial charge in [-0.2, -0.15) is 4.98 Å². The second-order valence-corrected chi connectivity index (χ2v) is 9.26. The van der Waals surface area contributed by atoms with E-state index in [4.69, 9.17) is 16.3 Å². The van der Waals surface area contributed by atoms with Gasteiger partial charge in [-0.25, -0.2) is 4.98 Å². The van der Waals surface area contributed by atoms with Crippen LogP contribution in [0, 0.1) is 0 Å². The SMILES string of the molecule is OC1(c2cc3nc(Cl)nc(N4CCOCC4)c3s2)CCN(Cc2ccccn2)CC1. The molecule has 158 valence electrons. The van der Waals surface area contributed by atoms with Crippen molar-refractivity contribution in [3.8, 4) is 0 Å². The number of piperidine rings is 1. The number of likely N-dealkylation sites (tertiary alicyclic amines) is 1. The Morgan fingerprint density at radius 3 is 2.67 bits per heavy atom. The Hall–Kier alpha value is -1.84. The van der Waals surface area contributed by atoms with Crippen molar-refractivity contribution >= 4 is 39.0 Å². The molecule has 0 aliphatic carbocycles. The standard InChI is InChI=1S/C21H24ClN5O2S/c22-20-24-16-13-17(30-18(16)19(25-20)27-9-11-29-12-10-27)21(28)4-7-26(8-5-21)14-15-3-1-2-6-23-15/h1-3,6,13,28H,4-5,7-12,14H2. The molecule has 9 heteroatoms. The monoisotopic (exact) mass is 445 g/mol. The molecular weight excluding hydrogens is 422 g/mol. The summed E-state index contributed by atoms with van der Waals surface area (Å²) < 4.78 is 6.46.